The largest absolute Gasteiger partial charge is 0.378 e. The van der Waals surface area contributed by atoms with Crippen LogP contribution in [0.15, 0.2) is 48.5 Å². The Morgan fingerprint density at radius 2 is 1.80 bits per heavy atom. The molecule has 1 aromatic heterocycles. The van der Waals surface area contributed by atoms with E-state index >= 15 is 0 Å². The summed E-state index contributed by atoms with van der Waals surface area (Å²) >= 11 is 0. The van der Waals surface area contributed by atoms with Gasteiger partial charge in [-0.15, -0.1) is 0 Å². The predicted molar refractivity (Wildman–Crippen MR) is 113 cm³/mol. The van der Waals surface area contributed by atoms with Crippen LogP contribution in [0.1, 0.15) is 28.2 Å². The number of nitrogens with one attached hydrogen (secondary N) is 1. The van der Waals surface area contributed by atoms with Gasteiger partial charge in [0, 0.05) is 24.3 Å². The van der Waals surface area contributed by atoms with Crippen LogP contribution in [0.25, 0.3) is 5.69 Å². The maximum Gasteiger partial charge on any atom is 0.276 e. The highest BCUT2D eigenvalue weighted by molar-refractivity contribution is 6.06. The quantitative estimate of drug-likeness (QED) is 0.719. The molecule has 1 fully saturated rings. The maximum atomic E-state index is 13.3. The molecule has 1 N–H and O–H groups in total. The summed E-state index contributed by atoms with van der Waals surface area (Å²) in [5.41, 5.74) is 5.00. The normalized spacial score (nSPS) is 15.8. The molecule has 7 heteroatoms. The van der Waals surface area contributed by atoms with Crippen molar-refractivity contribution in [2.24, 2.45) is 0 Å². The Balaban J connectivity index is 1.45. The molecule has 2 aliphatic rings. The van der Waals surface area contributed by atoms with E-state index in [1.807, 2.05) is 24.3 Å². The third kappa shape index (κ3) is 3.45. The zero-order chi connectivity index (χ0) is 20.5. The fraction of sp³-hybridized carbons (Fsp3) is 0.304. The second kappa shape index (κ2) is 7.91. The number of para-hydroxylation sites is 2. The number of hydrogen-bond acceptors (Lipinski definition) is 4. The van der Waals surface area contributed by atoms with Gasteiger partial charge in [0.1, 0.15) is 5.82 Å². The van der Waals surface area contributed by atoms with Crippen molar-refractivity contribution < 1.29 is 13.9 Å². The van der Waals surface area contributed by atoms with Gasteiger partial charge in [-0.25, -0.2) is 9.07 Å². The van der Waals surface area contributed by atoms with Gasteiger partial charge in [-0.3, -0.25) is 4.79 Å². The lowest BCUT2D eigenvalue weighted by Crippen LogP contribution is -2.36. The number of halogens is 1. The lowest BCUT2D eigenvalue weighted by Gasteiger charge is -2.30. The van der Waals surface area contributed by atoms with Gasteiger partial charge in [0.05, 0.1) is 30.3 Å². The lowest BCUT2D eigenvalue weighted by atomic mass is 10.1. The summed E-state index contributed by atoms with van der Waals surface area (Å²) in [5.74, 6) is -0.505. The summed E-state index contributed by atoms with van der Waals surface area (Å²) in [6.45, 7) is 2.94. The Morgan fingerprint density at radius 3 is 2.60 bits per heavy atom. The van der Waals surface area contributed by atoms with Crippen molar-refractivity contribution in [3.8, 4) is 5.69 Å². The Kier molecular flexibility index (Phi) is 4.96. The van der Waals surface area contributed by atoms with Crippen LogP contribution in [0, 0.1) is 5.82 Å². The van der Waals surface area contributed by atoms with Crippen molar-refractivity contribution in [2.75, 3.05) is 36.5 Å². The number of ether oxygens (including phenoxy) is 1. The fourth-order valence-corrected chi connectivity index (χ4v) is 4.26. The van der Waals surface area contributed by atoms with E-state index in [-0.39, 0.29) is 11.7 Å². The van der Waals surface area contributed by atoms with E-state index in [0.29, 0.717) is 18.9 Å². The number of rotatable bonds is 4. The fourth-order valence-electron chi connectivity index (χ4n) is 4.26. The van der Waals surface area contributed by atoms with E-state index < -0.39 is 0 Å². The predicted octanol–water partition coefficient (Wildman–Crippen LogP) is 3.59. The number of aromatic nitrogens is 2. The van der Waals surface area contributed by atoms with Gasteiger partial charge in [0.15, 0.2) is 5.69 Å². The molecular formula is C23H23FN4O2. The molecule has 1 aliphatic carbocycles. The standard InChI is InChI=1S/C23H23FN4O2/c24-16-8-10-17(11-9-16)28-20-7-3-4-18(20)22(26-28)23(29)25-19-5-1-2-6-21(19)27-12-14-30-15-13-27/h1-2,5-6,8-11H,3-4,7,12-15H2,(H,25,29). The number of carbonyl (C=O) groups excluding carboxylic acids is 1. The zero-order valence-corrected chi connectivity index (χ0v) is 16.6. The molecule has 1 amide bonds. The van der Waals surface area contributed by atoms with Crippen LogP contribution >= 0.6 is 0 Å². The number of fused-ring (bicyclic) bond motifs is 1. The maximum absolute atomic E-state index is 13.3. The third-order valence-electron chi connectivity index (χ3n) is 5.72. The van der Waals surface area contributed by atoms with Gasteiger partial charge in [0.2, 0.25) is 0 Å². The van der Waals surface area contributed by atoms with Crippen molar-refractivity contribution in [2.45, 2.75) is 19.3 Å². The minimum Gasteiger partial charge on any atom is -0.378 e. The topological polar surface area (TPSA) is 59.4 Å². The molecular weight excluding hydrogens is 383 g/mol. The van der Waals surface area contributed by atoms with E-state index in [1.54, 1.807) is 16.8 Å². The van der Waals surface area contributed by atoms with Gasteiger partial charge < -0.3 is 15.0 Å². The van der Waals surface area contributed by atoms with Gasteiger partial charge in [-0.1, -0.05) is 12.1 Å². The Morgan fingerprint density at radius 1 is 1.03 bits per heavy atom. The monoisotopic (exact) mass is 406 g/mol. The first-order valence-corrected chi connectivity index (χ1v) is 10.3. The van der Waals surface area contributed by atoms with Gasteiger partial charge in [-0.05, 0) is 55.7 Å². The zero-order valence-electron chi connectivity index (χ0n) is 16.6. The van der Waals surface area contributed by atoms with Crippen LogP contribution < -0.4 is 10.2 Å². The molecule has 154 valence electrons. The smallest absolute Gasteiger partial charge is 0.276 e. The first-order valence-electron chi connectivity index (χ1n) is 10.3. The minimum atomic E-state index is -0.291. The van der Waals surface area contributed by atoms with E-state index in [9.17, 15) is 9.18 Å². The number of benzene rings is 2. The minimum absolute atomic E-state index is 0.213. The number of anilines is 2. The molecule has 0 atom stereocenters. The third-order valence-corrected chi connectivity index (χ3v) is 5.72. The average molecular weight is 406 g/mol. The molecule has 1 aliphatic heterocycles. The van der Waals surface area contributed by atoms with Crippen LogP contribution in [0.2, 0.25) is 0 Å². The van der Waals surface area contributed by atoms with Crippen molar-refractivity contribution >= 4 is 17.3 Å². The van der Waals surface area contributed by atoms with Crippen molar-refractivity contribution in [3.63, 3.8) is 0 Å². The number of hydrogen-bond donors (Lipinski definition) is 1. The molecule has 0 radical (unpaired) electrons. The Labute approximate surface area is 174 Å². The van der Waals surface area contributed by atoms with E-state index in [1.165, 1.54) is 12.1 Å². The summed E-state index contributed by atoms with van der Waals surface area (Å²) in [4.78, 5) is 15.4. The van der Waals surface area contributed by atoms with E-state index in [0.717, 1.165) is 60.7 Å². The molecule has 5 rings (SSSR count). The molecule has 1 saturated heterocycles. The molecule has 3 aromatic rings. The highest BCUT2D eigenvalue weighted by atomic mass is 19.1. The van der Waals surface area contributed by atoms with Crippen molar-refractivity contribution in [3.05, 3.63) is 71.3 Å². The number of nitrogens with zero attached hydrogens (tertiary/aromatic N) is 3. The molecule has 0 unspecified atom stereocenters. The lowest BCUT2D eigenvalue weighted by molar-refractivity contribution is 0.102. The number of morpholine rings is 1. The molecule has 0 bridgehead atoms. The van der Waals surface area contributed by atoms with Crippen LogP contribution in [0.3, 0.4) is 0 Å². The van der Waals surface area contributed by atoms with E-state index in [2.05, 4.69) is 15.3 Å². The van der Waals surface area contributed by atoms with Crippen LogP contribution in [-0.2, 0) is 17.6 Å². The molecule has 0 saturated carbocycles. The molecule has 0 spiro atoms. The van der Waals surface area contributed by atoms with Crippen molar-refractivity contribution in [1.29, 1.82) is 0 Å². The molecule has 2 aromatic carbocycles. The molecule has 2 heterocycles. The second-order valence-corrected chi connectivity index (χ2v) is 7.59. The Hall–Kier alpha value is -3.19. The summed E-state index contributed by atoms with van der Waals surface area (Å²) < 4.78 is 20.6. The molecule has 6 nitrogen and oxygen atoms in total. The highest BCUT2D eigenvalue weighted by Gasteiger charge is 2.27. The summed E-state index contributed by atoms with van der Waals surface area (Å²) in [6.07, 6.45) is 2.67. The highest BCUT2D eigenvalue weighted by Crippen LogP contribution is 2.30. The SMILES string of the molecule is O=C(Nc1ccccc1N1CCOCC1)c1nn(-c2ccc(F)cc2)c2c1CCC2. The van der Waals surface area contributed by atoms with Crippen molar-refractivity contribution in [1.82, 2.24) is 9.78 Å². The van der Waals surface area contributed by atoms with Crippen LogP contribution in [0.5, 0.6) is 0 Å². The van der Waals surface area contributed by atoms with Gasteiger partial charge >= 0.3 is 0 Å². The van der Waals surface area contributed by atoms with E-state index in [4.69, 9.17) is 4.74 Å². The first kappa shape index (κ1) is 18.8. The number of amides is 1. The average Bonchev–Trinajstić information content (AvgIpc) is 3.38. The number of carbonyl (C=O) groups is 1. The second-order valence-electron chi connectivity index (χ2n) is 7.59. The van der Waals surface area contributed by atoms with Crippen LogP contribution in [0.4, 0.5) is 15.8 Å². The first-order chi connectivity index (χ1) is 14.7. The van der Waals surface area contributed by atoms with Crippen LogP contribution in [-0.4, -0.2) is 42.0 Å². The van der Waals surface area contributed by atoms with Gasteiger partial charge in [-0.2, -0.15) is 5.10 Å². The summed E-state index contributed by atoms with van der Waals surface area (Å²) in [6, 6.07) is 14.0. The van der Waals surface area contributed by atoms with Gasteiger partial charge in [0.25, 0.3) is 5.91 Å². The Bertz CT molecular complexity index is 1070. The summed E-state index contributed by atoms with van der Waals surface area (Å²) in [5, 5.41) is 7.69. The summed E-state index contributed by atoms with van der Waals surface area (Å²) in [7, 11) is 0. The molecule has 30 heavy (non-hydrogen) atoms.